The fraction of sp³-hybridized carbons (Fsp3) is 0.333. The minimum atomic E-state index is 0.105. The maximum absolute atomic E-state index is 5.80. The number of aromatic nitrogens is 2. The third-order valence-corrected chi connectivity index (χ3v) is 3.11. The van der Waals surface area contributed by atoms with Crippen LogP contribution in [0.1, 0.15) is 18.3 Å². The Kier molecular flexibility index (Phi) is 4.33. The molecule has 18 heavy (non-hydrogen) atoms. The maximum atomic E-state index is 5.80. The van der Waals surface area contributed by atoms with Crippen molar-refractivity contribution in [3.05, 3.63) is 40.5 Å². The summed E-state index contributed by atoms with van der Waals surface area (Å²) in [5.74, 6) is 1.28. The van der Waals surface area contributed by atoms with Crippen LogP contribution in [0.3, 0.4) is 0 Å². The molecule has 0 amide bonds. The van der Waals surface area contributed by atoms with E-state index in [0.29, 0.717) is 5.82 Å². The van der Waals surface area contributed by atoms with E-state index in [1.54, 1.807) is 0 Å². The van der Waals surface area contributed by atoms with Crippen LogP contribution in [-0.4, -0.2) is 16.2 Å². The predicted octanol–water partition coefficient (Wildman–Crippen LogP) is 2.30. The number of nitrogens with two attached hydrogens (primary N) is 1. The summed E-state index contributed by atoms with van der Waals surface area (Å²) in [5, 5.41) is 3.68. The van der Waals surface area contributed by atoms with Gasteiger partial charge in [0.1, 0.15) is 5.75 Å². The minimum absolute atomic E-state index is 0.105. The molecule has 5 nitrogen and oxygen atoms in total. The van der Waals surface area contributed by atoms with Crippen molar-refractivity contribution in [3.8, 4) is 5.75 Å². The Balaban J connectivity index is 2.04. The molecule has 0 aliphatic heterocycles. The van der Waals surface area contributed by atoms with E-state index in [9.17, 15) is 0 Å². The van der Waals surface area contributed by atoms with Gasteiger partial charge in [-0.25, -0.2) is 0 Å². The van der Waals surface area contributed by atoms with Crippen molar-refractivity contribution in [3.63, 3.8) is 0 Å². The summed E-state index contributed by atoms with van der Waals surface area (Å²) in [7, 11) is 0. The summed E-state index contributed by atoms with van der Waals surface area (Å²) in [4.78, 5) is 3.89. The zero-order valence-electron chi connectivity index (χ0n) is 9.97. The van der Waals surface area contributed by atoms with Gasteiger partial charge in [-0.1, -0.05) is 21.1 Å². The quantitative estimate of drug-likeness (QED) is 0.917. The largest absolute Gasteiger partial charge is 0.485 e. The highest BCUT2D eigenvalue weighted by atomic mass is 79.9. The van der Waals surface area contributed by atoms with Crippen LogP contribution in [0.15, 0.2) is 33.6 Å². The van der Waals surface area contributed by atoms with Gasteiger partial charge < -0.3 is 15.0 Å². The molecule has 6 heteroatoms. The highest BCUT2D eigenvalue weighted by molar-refractivity contribution is 9.10. The predicted molar refractivity (Wildman–Crippen MR) is 70.1 cm³/mol. The van der Waals surface area contributed by atoms with Crippen LogP contribution in [0.4, 0.5) is 0 Å². The van der Waals surface area contributed by atoms with E-state index >= 15 is 0 Å². The third kappa shape index (κ3) is 3.54. The zero-order valence-corrected chi connectivity index (χ0v) is 11.6. The van der Waals surface area contributed by atoms with Crippen LogP contribution in [0, 0.1) is 0 Å². The molecule has 96 valence electrons. The van der Waals surface area contributed by atoms with Gasteiger partial charge in [-0.2, -0.15) is 4.98 Å². The van der Waals surface area contributed by atoms with Crippen molar-refractivity contribution in [2.75, 3.05) is 0 Å². The maximum Gasteiger partial charge on any atom is 0.213 e. The van der Waals surface area contributed by atoms with Crippen LogP contribution in [0.25, 0.3) is 0 Å². The van der Waals surface area contributed by atoms with Gasteiger partial charge in [-0.15, -0.1) is 0 Å². The fourth-order valence-corrected chi connectivity index (χ4v) is 1.96. The summed E-state index contributed by atoms with van der Waals surface area (Å²) in [6, 6.07) is 5.90. The van der Waals surface area contributed by atoms with E-state index in [-0.39, 0.29) is 12.6 Å². The van der Waals surface area contributed by atoms with Crippen LogP contribution in [0.5, 0.6) is 5.75 Å². The van der Waals surface area contributed by atoms with E-state index in [2.05, 4.69) is 30.6 Å². The minimum Gasteiger partial charge on any atom is -0.485 e. The number of nitrogens with zero attached hydrogens (tertiary/aromatic N) is 2. The van der Waals surface area contributed by atoms with Crippen molar-refractivity contribution in [2.45, 2.75) is 26.0 Å². The zero-order chi connectivity index (χ0) is 13.0. The van der Waals surface area contributed by atoms with Crippen molar-refractivity contribution in [2.24, 2.45) is 5.73 Å². The third-order valence-electron chi connectivity index (χ3n) is 2.33. The molecule has 0 radical (unpaired) electrons. The lowest BCUT2D eigenvalue weighted by molar-refractivity contribution is 0.286. The molecule has 0 aliphatic carbocycles. The molecular weight excluding hydrogens is 298 g/mol. The number of ether oxygens (including phenoxy) is 1. The molecule has 1 aromatic carbocycles. The Bertz CT molecular complexity index is 500. The Hall–Kier alpha value is -1.40. The summed E-state index contributed by atoms with van der Waals surface area (Å²) in [5.41, 5.74) is 6.92. The summed E-state index contributed by atoms with van der Waals surface area (Å²) < 4.78 is 11.2. The molecule has 0 saturated heterocycles. The number of rotatable bonds is 5. The second kappa shape index (κ2) is 5.97. The first-order valence-corrected chi connectivity index (χ1v) is 6.36. The number of halogens is 1. The van der Waals surface area contributed by atoms with Gasteiger partial charge in [0.15, 0.2) is 6.61 Å². The standard InChI is InChI=1S/C12H14BrN3O2/c1-8(14)4-9-5-10(2-3-11(9)13)17-6-12-15-7-18-16-12/h2-3,5,7-8H,4,6,14H2,1H3. The lowest BCUT2D eigenvalue weighted by atomic mass is 10.1. The van der Waals surface area contributed by atoms with E-state index in [1.807, 2.05) is 25.1 Å². The van der Waals surface area contributed by atoms with Gasteiger partial charge in [-0.05, 0) is 37.1 Å². The lowest BCUT2D eigenvalue weighted by Crippen LogP contribution is -2.18. The number of hydrogen-bond donors (Lipinski definition) is 1. The Morgan fingerprint density at radius 3 is 3.00 bits per heavy atom. The summed E-state index contributed by atoms with van der Waals surface area (Å²) >= 11 is 3.50. The SMILES string of the molecule is CC(N)Cc1cc(OCc2ncon2)ccc1Br. The Labute approximate surface area is 113 Å². The molecule has 1 heterocycles. The van der Waals surface area contributed by atoms with Crippen LogP contribution < -0.4 is 10.5 Å². The van der Waals surface area contributed by atoms with Crippen LogP contribution in [-0.2, 0) is 13.0 Å². The summed E-state index contributed by atoms with van der Waals surface area (Å²) in [6.07, 6.45) is 2.07. The lowest BCUT2D eigenvalue weighted by Gasteiger charge is -2.10. The Morgan fingerprint density at radius 1 is 1.50 bits per heavy atom. The number of hydrogen-bond acceptors (Lipinski definition) is 5. The van der Waals surface area contributed by atoms with Crippen molar-refractivity contribution >= 4 is 15.9 Å². The van der Waals surface area contributed by atoms with Gasteiger partial charge in [0.05, 0.1) is 0 Å². The first kappa shape index (κ1) is 13.0. The molecule has 0 saturated carbocycles. The van der Waals surface area contributed by atoms with Crippen LogP contribution in [0.2, 0.25) is 0 Å². The Morgan fingerprint density at radius 2 is 2.33 bits per heavy atom. The van der Waals surface area contributed by atoms with E-state index in [4.69, 9.17) is 10.5 Å². The normalized spacial score (nSPS) is 12.4. The van der Waals surface area contributed by atoms with Crippen molar-refractivity contribution in [1.82, 2.24) is 10.1 Å². The van der Waals surface area contributed by atoms with Crippen molar-refractivity contribution < 1.29 is 9.26 Å². The van der Waals surface area contributed by atoms with Crippen molar-refractivity contribution in [1.29, 1.82) is 0 Å². The van der Waals surface area contributed by atoms with Gasteiger partial charge >= 0.3 is 0 Å². The topological polar surface area (TPSA) is 74.2 Å². The average molecular weight is 312 g/mol. The highest BCUT2D eigenvalue weighted by Gasteiger charge is 2.06. The van der Waals surface area contributed by atoms with Gasteiger partial charge in [-0.3, -0.25) is 0 Å². The van der Waals surface area contributed by atoms with E-state index < -0.39 is 0 Å². The molecule has 0 bridgehead atoms. The van der Waals surface area contributed by atoms with Gasteiger partial charge in [0.25, 0.3) is 0 Å². The first-order chi connectivity index (χ1) is 8.65. The highest BCUT2D eigenvalue weighted by Crippen LogP contribution is 2.24. The molecule has 0 spiro atoms. The van der Waals surface area contributed by atoms with E-state index in [0.717, 1.165) is 22.2 Å². The molecule has 2 N–H and O–H groups in total. The number of benzene rings is 1. The molecular formula is C12H14BrN3O2. The van der Waals surface area contributed by atoms with E-state index in [1.165, 1.54) is 6.39 Å². The smallest absolute Gasteiger partial charge is 0.213 e. The van der Waals surface area contributed by atoms with Crippen LogP contribution >= 0.6 is 15.9 Å². The molecule has 1 aromatic heterocycles. The molecule has 2 rings (SSSR count). The molecule has 1 unspecified atom stereocenters. The fourth-order valence-electron chi connectivity index (χ4n) is 1.55. The molecule has 0 fully saturated rings. The monoisotopic (exact) mass is 311 g/mol. The van der Waals surface area contributed by atoms with Gasteiger partial charge in [0.2, 0.25) is 12.2 Å². The average Bonchev–Trinajstić information content (AvgIpc) is 2.82. The molecule has 2 aromatic rings. The second-order valence-electron chi connectivity index (χ2n) is 4.07. The van der Waals surface area contributed by atoms with Gasteiger partial charge in [0, 0.05) is 10.5 Å². The first-order valence-electron chi connectivity index (χ1n) is 5.57. The second-order valence-corrected chi connectivity index (χ2v) is 4.93. The summed E-state index contributed by atoms with van der Waals surface area (Å²) in [6.45, 7) is 2.26. The molecule has 0 aliphatic rings. The molecule has 1 atom stereocenters.